The fourth-order valence-corrected chi connectivity index (χ4v) is 2.46. The molecule has 1 N–H and O–H groups in total. The normalized spacial score (nSPS) is 17.1. The Labute approximate surface area is 110 Å². The van der Waals surface area contributed by atoms with E-state index < -0.39 is 0 Å². The van der Waals surface area contributed by atoms with Crippen LogP contribution in [-0.2, 0) is 0 Å². The molecule has 0 saturated heterocycles. The van der Waals surface area contributed by atoms with E-state index in [1.54, 1.807) is 0 Å². The summed E-state index contributed by atoms with van der Waals surface area (Å²) in [7, 11) is 0. The van der Waals surface area contributed by atoms with Gasteiger partial charge in [-0.25, -0.2) is 0 Å². The van der Waals surface area contributed by atoms with Crippen LogP contribution in [0.2, 0.25) is 5.02 Å². The predicted molar refractivity (Wildman–Crippen MR) is 74.6 cm³/mol. The van der Waals surface area contributed by atoms with Crippen LogP contribution in [0.5, 0.6) is 0 Å². The third-order valence-electron chi connectivity index (χ3n) is 3.61. The molecule has 17 heavy (non-hydrogen) atoms. The molecule has 0 bridgehead atoms. The summed E-state index contributed by atoms with van der Waals surface area (Å²) in [5.41, 5.74) is 2.50. The van der Waals surface area contributed by atoms with Crippen LogP contribution in [0.3, 0.4) is 0 Å². The van der Waals surface area contributed by atoms with Crippen molar-refractivity contribution in [1.82, 2.24) is 5.32 Å². The Kier molecular flexibility index (Phi) is 4.47. The molecule has 1 aliphatic rings. The van der Waals surface area contributed by atoms with Crippen molar-refractivity contribution in [2.24, 2.45) is 5.92 Å². The standard InChI is InChI=1S/C15H22ClN/c1-3-17-15(9-7-12-5-6-12)13-8-4-11(2)14(16)10-13/h4,8,10,12,15,17H,3,5-7,9H2,1-2H3. The van der Waals surface area contributed by atoms with Gasteiger partial charge in [-0.2, -0.15) is 0 Å². The average molecular weight is 252 g/mol. The van der Waals surface area contributed by atoms with Gasteiger partial charge in [-0.05, 0) is 49.4 Å². The van der Waals surface area contributed by atoms with Gasteiger partial charge in [-0.3, -0.25) is 0 Å². The number of hydrogen-bond acceptors (Lipinski definition) is 1. The third-order valence-corrected chi connectivity index (χ3v) is 4.02. The molecule has 1 aromatic rings. The summed E-state index contributed by atoms with van der Waals surface area (Å²) in [6, 6.07) is 6.93. The van der Waals surface area contributed by atoms with Gasteiger partial charge in [-0.15, -0.1) is 0 Å². The van der Waals surface area contributed by atoms with Crippen molar-refractivity contribution >= 4 is 11.6 Å². The Bertz CT molecular complexity index is 371. The summed E-state index contributed by atoms with van der Waals surface area (Å²) < 4.78 is 0. The maximum Gasteiger partial charge on any atom is 0.0438 e. The van der Waals surface area contributed by atoms with Crippen molar-refractivity contribution in [2.45, 2.75) is 45.6 Å². The van der Waals surface area contributed by atoms with Crippen molar-refractivity contribution in [3.8, 4) is 0 Å². The lowest BCUT2D eigenvalue weighted by Gasteiger charge is -2.19. The summed E-state index contributed by atoms with van der Waals surface area (Å²) in [5, 5.41) is 4.46. The van der Waals surface area contributed by atoms with Gasteiger partial charge in [-0.1, -0.05) is 43.5 Å². The fourth-order valence-electron chi connectivity index (χ4n) is 2.27. The van der Waals surface area contributed by atoms with Crippen LogP contribution in [-0.4, -0.2) is 6.54 Å². The van der Waals surface area contributed by atoms with Crippen LogP contribution in [0.25, 0.3) is 0 Å². The van der Waals surface area contributed by atoms with Crippen molar-refractivity contribution in [1.29, 1.82) is 0 Å². The van der Waals surface area contributed by atoms with Gasteiger partial charge in [0, 0.05) is 11.1 Å². The zero-order valence-electron chi connectivity index (χ0n) is 10.8. The first kappa shape index (κ1) is 12.9. The lowest BCUT2D eigenvalue weighted by Crippen LogP contribution is -2.21. The molecule has 1 atom stereocenters. The number of nitrogens with one attached hydrogen (secondary N) is 1. The largest absolute Gasteiger partial charge is 0.310 e. The highest BCUT2D eigenvalue weighted by Crippen LogP contribution is 2.36. The minimum atomic E-state index is 0.471. The number of aryl methyl sites for hydroxylation is 1. The highest BCUT2D eigenvalue weighted by molar-refractivity contribution is 6.31. The Hall–Kier alpha value is -0.530. The second kappa shape index (κ2) is 5.88. The molecule has 0 radical (unpaired) electrons. The molecule has 0 heterocycles. The van der Waals surface area contributed by atoms with Crippen LogP contribution in [0.1, 0.15) is 49.8 Å². The molecule has 1 saturated carbocycles. The summed E-state index contributed by atoms with van der Waals surface area (Å²) in [6.45, 7) is 5.24. The van der Waals surface area contributed by atoms with E-state index in [9.17, 15) is 0 Å². The molecule has 94 valence electrons. The summed E-state index contributed by atoms with van der Waals surface area (Å²) >= 11 is 6.21. The predicted octanol–water partition coefficient (Wildman–Crippen LogP) is 4.49. The van der Waals surface area contributed by atoms with Gasteiger partial charge in [0.15, 0.2) is 0 Å². The molecule has 0 aromatic heterocycles. The van der Waals surface area contributed by atoms with Crippen LogP contribution in [0.15, 0.2) is 18.2 Å². The summed E-state index contributed by atoms with van der Waals surface area (Å²) in [4.78, 5) is 0. The van der Waals surface area contributed by atoms with E-state index in [2.05, 4.69) is 37.4 Å². The number of halogens is 1. The van der Waals surface area contributed by atoms with E-state index in [0.717, 1.165) is 23.0 Å². The van der Waals surface area contributed by atoms with Gasteiger partial charge in [0.25, 0.3) is 0 Å². The topological polar surface area (TPSA) is 12.0 Å². The maximum absolute atomic E-state index is 6.21. The molecule has 2 heteroatoms. The van der Waals surface area contributed by atoms with Gasteiger partial charge >= 0.3 is 0 Å². The quantitative estimate of drug-likeness (QED) is 0.786. The first-order chi connectivity index (χ1) is 8.20. The molecule has 1 unspecified atom stereocenters. The Morgan fingerprint density at radius 1 is 1.41 bits per heavy atom. The van der Waals surface area contributed by atoms with Crippen molar-refractivity contribution < 1.29 is 0 Å². The van der Waals surface area contributed by atoms with E-state index in [-0.39, 0.29) is 0 Å². The third kappa shape index (κ3) is 3.72. The van der Waals surface area contributed by atoms with E-state index in [1.807, 2.05) is 0 Å². The first-order valence-corrected chi connectivity index (χ1v) is 7.08. The smallest absolute Gasteiger partial charge is 0.0438 e. The van der Waals surface area contributed by atoms with E-state index in [1.165, 1.54) is 31.2 Å². The average Bonchev–Trinajstić information content (AvgIpc) is 3.12. The molecular formula is C15H22ClN. The van der Waals surface area contributed by atoms with Crippen molar-refractivity contribution in [3.05, 3.63) is 34.3 Å². The zero-order chi connectivity index (χ0) is 12.3. The highest BCUT2D eigenvalue weighted by Gasteiger charge is 2.22. The second-order valence-electron chi connectivity index (χ2n) is 5.14. The highest BCUT2D eigenvalue weighted by atomic mass is 35.5. The monoisotopic (exact) mass is 251 g/mol. The maximum atomic E-state index is 6.21. The van der Waals surface area contributed by atoms with E-state index >= 15 is 0 Å². The second-order valence-corrected chi connectivity index (χ2v) is 5.55. The molecule has 2 rings (SSSR count). The molecule has 0 amide bonds. The Morgan fingerprint density at radius 2 is 2.18 bits per heavy atom. The van der Waals surface area contributed by atoms with Crippen molar-refractivity contribution in [2.75, 3.05) is 6.54 Å². The summed E-state index contributed by atoms with van der Waals surface area (Å²) in [6.07, 6.45) is 5.46. The van der Waals surface area contributed by atoms with Gasteiger partial charge in [0.2, 0.25) is 0 Å². The van der Waals surface area contributed by atoms with Crippen LogP contribution in [0.4, 0.5) is 0 Å². The molecular weight excluding hydrogens is 230 g/mol. The molecule has 1 nitrogen and oxygen atoms in total. The zero-order valence-corrected chi connectivity index (χ0v) is 11.6. The lowest BCUT2D eigenvalue weighted by molar-refractivity contribution is 0.481. The number of rotatable bonds is 6. The van der Waals surface area contributed by atoms with Gasteiger partial charge in [0.1, 0.15) is 0 Å². The number of benzene rings is 1. The minimum absolute atomic E-state index is 0.471. The minimum Gasteiger partial charge on any atom is -0.310 e. The molecule has 0 spiro atoms. The summed E-state index contributed by atoms with van der Waals surface area (Å²) in [5.74, 6) is 0.997. The number of hydrogen-bond donors (Lipinski definition) is 1. The Morgan fingerprint density at radius 3 is 2.76 bits per heavy atom. The van der Waals surface area contributed by atoms with Crippen molar-refractivity contribution in [3.63, 3.8) is 0 Å². The first-order valence-electron chi connectivity index (χ1n) is 6.70. The fraction of sp³-hybridized carbons (Fsp3) is 0.600. The lowest BCUT2D eigenvalue weighted by atomic mass is 9.99. The SMILES string of the molecule is CCNC(CCC1CC1)c1ccc(C)c(Cl)c1. The van der Waals surface area contributed by atoms with Crippen LogP contribution >= 0.6 is 11.6 Å². The van der Waals surface area contributed by atoms with E-state index in [4.69, 9.17) is 11.6 Å². The molecule has 0 aliphatic heterocycles. The Balaban J connectivity index is 2.03. The van der Waals surface area contributed by atoms with Gasteiger partial charge < -0.3 is 5.32 Å². The molecule has 1 aromatic carbocycles. The van der Waals surface area contributed by atoms with Gasteiger partial charge in [0.05, 0.1) is 0 Å². The molecule has 1 aliphatic carbocycles. The van der Waals surface area contributed by atoms with Crippen LogP contribution in [0, 0.1) is 12.8 Å². The molecule has 1 fully saturated rings. The van der Waals surface area contributed by atoms with Crippen LogP contribution < -0.4 is 5.32 Å². The van der Waals surface area contributed by atoms with E-state index in [0.29, 0.717) is 6.04 Å².